The summed E-state index contributed by atoms with van der Waals surface area (Å²) < 4.78 is 10.4. The second-order valence-electron chi connectivity index (χ2n) is 4.98. The fourth-order valence-corrected chi connectivity index (χ4v) is 2.07. The zero-order valence-corrected chi connectivity index (χ0v) is 13.9. The first-order valence-corrected chi connectivity index (χ1v) is 7.50. The van der Waals surface area contributed by atoms with E-state index in [1.165, 1.54) is 13.2 Å². The molecule has 1 amide bonds. The number of ether oxygens (including phenoxy) is 2. The molecule has 0 aliphatic heterocycles. The molecule has 6 nitrogen and oxygen atoms in total. The molecule has 2 aromatic carbocycles. The van der Waals surface area contributed by atoms with Crippen LogP contribution in [0.4, 0.5) is 0 Å². The lowest BCUT2D eigenvalue weighted by Gasteiger charge is -2.07. The zero-order chi connectivity index (χ0) is 17.5. The molecule has 126 valence electrons. The van der Waals surface area contributed by atoms with Gasteiger partial charge < -0.3 is 14.6 Å². The highest BCUT2D eigenvalue weighted by atomic mass is 16.5. The normalized spacial score (nSPS) is 11.0. The monoisotopic (exact) mass is 328 g/mol. The molecule has 0 spiro atoms. The van der Waals surface area contributed by atoms with Crippen molar-refractivity contribution in [1.29, 1.82) is 0 Å². The fraction of sp³-hybridized carbons (Fsp3) is 0.222. The number of amides is 1. The van der Waals surface area contributed by atoms with E-state index < -0.39 is 0 Å². The predicted molar refractivity (Wildman–Crippen MR) is 91.9 cm³/mol. The summed E-state index contributed by atoms with van der Waals surface area (Å²) in [5.41, 5.74) is 3.93. The summed E-state index contributed by atoms with van der Waals surface area (Å²) in [5, 5.41) is 14.0. The molecule has 0 radical (unpaired) electrons. The van der Waals surface area contributed by atoms with Gasteiger partial charge in [-0.15, -0.1) is 0 Å². The summed E-state index contributed by atoms with van der Waals surface area (Å²) in [7, 11) is 1.52. The second-order valence-corrected chi connectivity index (χ2v) is 4.98. The van der Waals surface area contributed by atoms with Crippen LogP contribution in [0, 0.1) is 0 Å². The van der Waals surface area contributed by atoms with Gasteiger partial charge in [-0.3, -0.25) is 4.79 Å². The van der Waals surface area contributed by atoms with Gasteiger partial charge in [0.05, 0.1) is 19.4 Å². The first kappa shape index (κ1) is 17.3. The van der Waals surface area contributed by atoms with Gasteiger partial charge in [-0.05, 0) is 50.2 Å². The van der Waals surface area contributed by atoms with Gasteiger partial charge in [0.25, 0.3) is 5.91 Å². The Morgan fingerprint density at radius 3 is 2.42 bits per heavy atom. The lowest BCUT2D eigenvalue weighted by molar-refractivity contribution is 0.0955. The summed E-state index contributed by atoms with van der Waals surface area (Å²) >= 11 is 0. The summed E-state index contributed by atoms with van der Waals surface area (Å²) in [5.74, 6) is 0.940. The van der Waals surface area contributed by atoms with Gasteiger partial charge in [0.1, 0.15) is 17.2 Å². The Morgan fingerprint density at radius 2 is 1.83 bits per heavy atom. The average Bonchev–Trinajstić information content (AvgIpc) is 2.60. The largest absolute Gasteiger partial charge is 0.507 e. The summed E-state index contributed by atoms with van der Waals surface area (Å²) in [6, 6.07) is 11.7. The molecule has 2 rings (SSSR count). The molecule has 0 aliphatic rings. The number of phenolic OH excluding ortho intramolecular Hbond substituents is 1. The summed E-state index contributed by atoms with van der Waals surface area (Å²) in [4.78, 5) is 12.1. The number of hydrogen-bond donors (Lipinski definition) is 2. The number of carbonyl (C=O) groups is 1. The first-order valence-electron chi connectivity index (χ1n) is 7.50. The van der Waals surface area contributed by atoms with E-state index in [1.807, 2.05) is 6.92 Å². The van der Waals surface area contributed by atoms with Crippen LogP contribution in [-0.4, -0.2) is 30.4 Å². The van der Waals surface area contributed by atoms with Crippen molar-refractivity contribution in [3.63, 3.8) is 0 Å². The number of phenols is 1. The van der Waals surface area contributed by atoms with Gasteiger partial charge in [0.15, 0.2) is 0 Å². The van der Waals surface area contributed by atoms with Crippen molar-refractivity contribution >= 4 is 11.6 Å². The molecule has 0 aromatic heterocycles. The molecular formula is C18H20N2O4. The van der Waals surface area contributed by atoms with Gasteiger partial charge in [-0.1, -0.05) is 0 Å². The van der Waals surface area contributed by atoms with E-state index in [0.29, 0.717) is 34.9 Å². The number of benzene rings is 2. The van der Waals surface area contributed by atoms with Gasteiger partial charge in [0.2, 0.25) is 0 Å². The molecule has 0 fully saturated rings. The first-order chi connectivity index (χ1) is 11.5. The van der Waals surface area contributed by atoms with Crippen molar-refractivity contribution in [1.82, 2.24) is 5.43 Å². The van der Waals surface area contributed by atoms with Crippen molar-refractivity contribution in [3.05, 3.63) is 53.6 Å². The molecule has 24 heavy (non-hydrogen) atoms. The minimum atomic E-state index is -0.342. The van der Waals surface area contributed by atoms with Gasteiger partial charge in [-0.2, -0.15) is 5.10 Å². The number of nitrogens with zero attached hydrogens (tertiary/aromatic N) is 1. The SMILES string of the molecule is CCOc1ccc(C(=O)N/N=C(\C)c2ccc(OC)cc2O)cc1. The Kier molecular flexibility index (Phi) is 5.78. The fourth-order valence-electron chi connectivity index (χ4n) is 2.07. The van der Waals surface area contributed by atoms with Crippen LogP contribution in [0.5, 0.6) is 17.2 Å². The van der Waals surface area contributed by atoms with Crippen molar-refractivity contribution in [3.8, 4) is 17.2 Å². The van der Waals surface area contributed by atoms with Crippen LogP contribution < -0.4 is 14.9 Å². The number of rotatable bonds is 6. The van der Waals surface area contributed by atoms with Crippen LogP contribution in [0.2, 0.25) is 0 Å². The number of nitrogens with one attached hydrogen (secondary N) is 1. The number of methoxy groups -OCH3 is 1. The van der Waals surface area contributed by atoms with E-state index in [9.17, 15) is 9.90 Å². The van der Waals surface area contributed by atoms with Crippen LogP contribution >= 0.6 is 0 Å². The van der Waals surface area contributed by atoms with E-state index >= 15 is 0 Å². The minimum Gasteiger partial charge on any atom is -0.507 e. The number of aromatic hydroxyl groups is 1. The van der Waals surface area contributed by atoms with Crippen LogP contribution in [0.3, 0.4) is 0 Å². The lowest BCUT2D eigenvalue weighted by Crippen LogP contribution is -2.19. The molecular weight excluding hydrogens is 308 g/mol. The Hall–Kier alpha value is -3.02. The van der Waals surface area contributed by atoms with Gasteiger partial charge in [0, 0.05) is 17.2 Å². The predicted octanol–water partition coefficient (Wildman–Crippen LogP) is 2.95. The van der Waals surface area contributed by atoms with Crippen molar-refractivity contribution in [2.24, 2.45) is 5.10 Å². The van der Waals surface area contributed by atoms with Crippen LogP contribution in [0.15, 0.2) is 47.6 Å². The highest BCUT2D eigenvalue weighted by molar-refractivity contribution is 6.02. The van der Waals surface area contributed by atoms with Crippen LogP contribution in [-0.2, 0) is 0 Å². The molecule has 0 saturated carbocycles. The summed E-state index contributed by atoms with van der Waals surface area (Å²) in [6.07, 6.45) is 0. The Balaban J connectivity index is 2.07. The number of hydrogen-bond acceptors (Lipinski definition) is 5. The van der Waals surface area contributed by atoms with Crippen molar-refractivity contribution < 1.29 is 19.4 Å². The maximum Gasteiger partial charge on any atom is 0.271 e. The number of carbonyl (C=O) groups excluding carboxylic acids is 1. The summed E-state index contributed by atoms with van der Waals surface area (Å²) in [6.45, 7) is 4.16. The molecule has 0 saturated heterocycles. The van der Waals surface area contributed by atoms with E-state index in [1.54, 1.807) is 43.3 Å². The quantitative estimate of drug-likeness (QED) is 0.631. The minimum absolute atomic E-state index is 0.0333. The van der Waals surface area contributed by atoms with E-state index in [0.717, 1.165) is 0 Å². The maximum absolute atomic E-state index is 12.1. The third-order valence-electron chi connectivity index (χ3n) is 3.35. The van der Waals surface area contributed by atoms with Gasteiger partial charge in [-0.25, -0.2) is 5.43 Å². The topological polar surface area (TPSA) is 80.2 Å². The maximum atomic E-state index is 12.1. The highest BCUT2D eigenvalue weighted by Crippen LogP contribution is 2.23. The molecule has 6 heteroatoms. The third kappa shape index (κ3) is 4.25. The van der Waals surface area contributed by atoms with Gasteiger partial charge >= 0.3 is 0 Å². The van der Waals surface area contributed by atoms with E-state index in [4.69, 9.17) is 9.47 Å². The molecule has 0 unspecified atom stereocenters. The Morgan fingerprint density at radius 1 is 1.17 bits per heavy atom. The average molecular weight is 328 g/mol. The molecule has 0 heterocycles. The lowest BCUT2D eigenvalue weighted by atomic mass is 10.1. The number of hydrazone groups is 1. The van der Waals surface area contributed by atoms with Crippen LogP contribution in [0.1, 0.15) is 29.8 Å². The second kappa shape index (κ2) is 8.01. The Labute approximate surface area is 140 Å². The zero-order valence-electron chi connectivity index (χ0n) is 13.9. The molecule has 0 aliphatic carbocycles. The van der Waals surface area contributed by atoms with E-state index in [2.05, 4.69) is 10.5 Å². The van der Waals surface area contributed by atoms with Crippen LogP contribution in [0.25, 0.3) is 0 Å². The highest BCUT2D eigenvalue weighted by Gasteiger charge is 2.08. The van der Waals surface area contributed by atoms with Crippen molar-refractivity contribution in [2.75, 3.05) is 13.7 Å². The molecule has 2 aromatic rings. The van der Waals surface area contributed by atoms with E-state index in [-0.39, 0.29) is 11.7 Å². The van der Waals surface area contributed by atoms with Crippen molar-refractivity contribution in [2.45, 2.75) is 13.8 Å². The smallest absolute Gasteiger partial charge is 0.271 e. The molecule has 0 atom stereocenters. The molecule has 2 N–H and O–H groups in total. The third-order valence-corrected chi connectivity index (χ3v) is 3.35. The molecule has 0 bridgehead atoms. The standard InChI is InChI=1S/C18H20N2O4/c1-4-24-14-7-5-13(6-8-14)18(22)20-19-12(2)16-10-9-15(23-3)11-17(16)21/h5-11,21H,4H2,1-3H3,(H,20,22)/b19-12+. The Bertz CT molecular complexity index is 739.